The lowest BCUT2D eigenvalue weighted by Gasteiger charge is -2.29. The number of nitrogens with zero attached hydrogens (tertiary/aromatic N) is 2. The number of carbonyl (C=O) groups is 1. The molecule has 1 aliphatic rings. The summed E-state index contributed by atoms with van der Waals surface area (Å²) in [5, 5.41) is 13.3. The van der Waals surface area contributed by atoms with E-state index < -0.39 is 5.82 Å². The summed E-state index contributed by atoms with van der Waals surface area (Å²) in [4.78, 5) is 24.7. The number of aliphatic hydroxyl groups excluding tert-OH is 1. The minimum Gasteiger partial charge on any atom is -0.454 e. The van der Waals surface area contributed by atoms with Gasteiger partial charge in [-0.05, 0) is 55.7 Å². The zero-order valence-electron chi connectivity index (χ0n) is 20.1. The average molecular weight is 501 g/mol. The number of fused-ring (bicyclic) bond motifs is 1. The molecule has 1 fully saturated rings. The van der Waals surface area contributed by atoms with Crippen LogP contribution in [0.2, 0.25) is 0 Å². The number of nitrogens with one attached hydrogen (secondary N) is 2. The molecule has 8 nitrogen and oxygen atoms in total. The van der Waals surface area contributed by atoms with Gasteiger partial charge in [0.2, 0.25) is 5.69 Å². The largest absolute Gasteiger partial charge is 0.454 e. The van der Waals surface area contributed by atoms with Crippen LogP contribution in [-0.4, -0.2) is 46.2 Å². The number of aryl methyl sites for hydroxylation is 1. The Balaban J connectivity index is 1.47. The monoisotopic (exact) mass is 500 g/mol. The number of carbonyl (C=O) groups excluding carboxylic acids is 1. The molecule has 188 valence electrons. The Morgan fingerprint density at radius 2 is 2.14 bits per heavy atom. The number of rotatable bonds is 7. The third-order valence-corrected chi connectivity index (χ3v) is 6.48. The van der Waals surface area contributed by atoms with E-state index in [9.17, 15) is 14.3 Å². The summed E-state index contributed by atoms with van der Waals surface area (Å²) in [7, 11) is 0. The number of halogens is 1. The average Bonchev–Trinajstić information content (AvgIpc) is 3.35. The zero-order valence-corrected chi connectivity index (χ0v) is 20.1. The van der Waals surface area contributed by atoms with Gasteiger partial charge in [-0.15, -0.1) is 0 Å². The third-order valence-electron chi connectivity index (χ3n) is 6.48. The summed E-state index contributed by atoms with van der Waals surface area (Å²) in [6.07, 6.45) is 4.33. The van der Waals surface area contributed by atoms with E-state index in [2.05, 4.69) is 20.1 Å². The van der Waals surface area contributed by atoms with Crippen molar-refractivity contribution in [3.05, 3.63) is 88.8 Å². The fraction of sp³-hybridized carbons (Fsp3) is 0.250. The van der Waals surface area contributed by atoms with Gasteiger partial charge < -0.3 is 24.9 Å². The maximum Gasteiger partial charge on any atom is 0.228 e. The van der Waals surface area contributed by atoms with Crippen LogP contribution >= 0.6 is 0 Å². The van der Waals surface area contributed by atoms with E-state index in [4.69, 9.17) is 16.0 Å². The molecule has 4 aromatic rings. The number of aliphatic hydroxyl groups is 1. The van der Waals surface area contributed by atoms with Gasteiger partial charge in [-0.2, -0.15) is 0 Å². The van der Waals surface area contributed by atoms with Crippen LogP contribution in [0.1, 0.15) is 34.3 Å². The second-order valence-corrected chi connectivity index (χ2v) is 8.95. The van der Waals surface area contributed by atoms with E-state index in [0.717, 1.165) is 6.42 Å². The number of ketones is 1. The molecule has 1 saturated heterocycles. The standard InChI is InChI=1S/C28H25FN4O4/c1-16-11-18(37-24-6-4-3-5-22(24)29)9-10-20(16)27(35)21-12-31-28-25(21)26(23(30-2)13-32-28)33-17-7-8-19(14-34)36-15-17/h3-6,9-13,17,19,34H,7-8,14-15H2,1H3,(H2,31,32,33)/t17-,19+/m1/s1. The number of H-pyrrole nitrogens is 1. The molecule has 1 aliphatic heterocycles. The predicted molar refractivity (Wildman–Crippen MR) is 137 cm³/mol. The molecular formula is C28H25FN4O4. The molecule has 2 aromatic carbocycles. The molecule has 5 rings (SSSR count). The topological polar surface area (TPSA) is 101 Å². The van der Waals surface area contributed by atoms with Gasteiger partial charge in [-0.25, -0.2) is 14.2 Å². The molecule has 0 spiro atoms. The van der Waals surface area contributed by atoms with Crippen molar-refractivity contribution in [1.29, 1.82) is 0 Å². The molecule has 0 bridgehead atoms. The summed E-state index contributed by atoms with van der Waals surface area (Å²) in [5.74, 6) is -0.204. The SMILES string of the molecule is [C-]#[N+]c1cnc2[nH]cc(C(=O)c3ccc(Oc4ccccc4F)cc3C)c2c1N[C@@H]1CC[C@@H](CO)OC1. The smallest absolute Gasteiger partial charge is 0.228 e. The van der Waals surface area contributed by atoms with E-state index in [-0.39, 0.29) is 30.3 Å². The first-order valence-electron chi connectivity index (χ1n) is 11.9. The van der Waals surface area contributed by atoms with Crippen molar-refractivity contribution in [3.8, 4) is 11.5 Å². The molecule has 0 unspecified atom stereocenters. The molecule has 2 aromatic heterocycles. The minimum absolute atomic E-state index is 0.0283. The number of hydrogen-bond acceptors (Lipinski definition) is 6. The van der Waals surface area contributed by atoms with Gasteiger partial charge in [0.25, 0.3) is 0 Å². The Hall–Kier alpha value is -4.26. The van der Waals surface area contributed by atoms with Crippen LogP contribution in [0.25, 0.3) is 15.9 Å². The third kappa shape index (κ3) is 4.89. The Bertz CT molecular complexity index is 1500. The van der Waals surface area contributed by atoms with Gasteiger partial charge >= 0.3 is 0 Å². The van der Waals surface area contributed by atoms with Crippen LogP contribution in [0.4, 0.5) is 15.8 Å². The van der Waals surface area contributed by atoms with Crippen LogP contribution in [0.3, 0.4) is 0 Å². The number of aromatic nitrogens is 2. The number of benzene rings is 2. The Kier molecular flexibility index (Phi) is 6.86. The van der Waals surface area contributed by atoms with Gasteiger partial charge in [-0.3, -0.25) is 4.79 Å². The summed E-state index contributed by atoms with van der Waals surface area (Å²) < 4.78 is 25.3. The fourth-order valence-electron chi connectivity index (χ4n) is 4.52. The minimum atomic E-state index is -0.475. The first kappa shape index (κ1) is 24.4. The highest BCUT2D eigenvalue weighted by Crippen LogP contribution is 2.37. The highest BCUT2D eigenvalue weighted by Gasteiger charge is 2.26. The van der Waals surface area contributed by atoms with Crippen molar-refractivity contribution in [3.63, 3.8) is 0 Å². The van der Waals surface area contributed by atoms with Crippen LogP contribution in [0.15, 0.2) is 54.9 Å². The number of pyridine rings is 1. The first-order valence-corrected chi connectivity index (χ1v) is 11.9. The van der Waals surface area contributed by atoms with Crippen molar-refractivity contribution in [2.75, 3.05) is 18.5 Å². The molecule has 2 atom stereocenters. The second kappa shape index (κ2) is 10.4. The van der Waals surface area contributed by atoms with E-state index in [1.165, 1.54) is 18.3 Å². The van der Waals surface area contributed by atoms with Gasteiger partial charge in [0.05, 0.1) is 37.1 Å². The number of aromatic amines is 1. The lowest BCUT2D eigenvalue weighted by atomic mass is 9.97. The van der Waals surface area contributed by atoms with Crippen LogP contribution in [0, 0.1) is 19.3 Å². The maximum atomic E-state index is 14.0. The summed E-state index contributed by atoms with van der Waals surface area (Å²) in [5.41, 5.74) is 2.81. The number of ether oxygens (including phenoxy) is 2. The van der Waals surface area contributed by atoms with Crippen molar-refractivity contribution < 1.29 is 23.8 Å². The Labute approximate surface area is 212 Å². The first-order chi connectivity index (χ1) is 18.0. The van der Waals surface area contributed by atoms with E-state index in [0.29, 0.717) is 57.9 Å². The molecule has 9 heteroatoms. The van der Waals surface area contributed by atoms with E-state index >= 15 is 0 Å². The van der Waals surface area contributed by atoms with Gasteiger partial charge in [0, 0.05) is 29.4 Å². The van der Waals surface area contributed by atoms with Crippen LogP contribution in [-0.2, 0) is 4.74 Å². The Morgan fingerprint density at radius 3 is 2.84 bits per heavy atom. The maximum absolute atomic E-state index is 14.0. The van der Waals surface area contributed by atoms with Gasteiger partial charge in [0.15, 0.2) is 17.3 Å². The molecule has 0 amide bonds. The Morgan fingerprint density at radius 1 is 1.30 bits per heavy atom. The summed E-state index contributed by atoms with van der Waals surface area (Å²) >= 11 is 0. The van der Waals surface area contributed by atoms with Crippen molar-refractivity contribution >= 4 is 28.2 Å². The van der Waals surface area contributed by atoms with Crippen molar-refractivity contribution in [2.24, 2.45) is 0 Å². The van der Waals surface area contributed by atoms with Gasteiger partial charge in [-0.1, -0.05) is 12.1 Å². The molecule has 3 heterocycles. The highest BCUT2D eigenvalue weighted by molar-refractivity contribution is 6.20. The molecule has 3 N–H and O–H groups in total. The molecule has 0 radical (unpaired) electrons. The predicted octanol–water partition coefficient (Wildman–Crippen LogP) is 5.54. The molecular weight excluding hydrogens is 475 g/mol. The number of hydrogen-bond donors (Lipinski definition) is 3. The lowest BCUT2D eigenvalue weighted by Crippen LogP contribution is -2.36. The van der Waals surface area contributed by atoms with Crippen LogP contribution < -0.4 is 10.1 Å². The second-order valence-electron chi connectivity index (χ2n) is 8.95. The van der Waals surface area contributed by atoms with Crippen molar-refractivity contribution in [1.82, 2.24) is 9.97 Å². The lowest BCUT2D eigenvalue weighted by molar-refractivity contribution is -0.0223. The number of para-hydroxylation sites is 1. The van der Waals surface area contributed by atoms with Crippen molar-refractivity contribution in [2.45, 2.75) is 31.9 Å². The summed E-state index contributed by atoms with van der Waals surface area (Å²) in [6, 6.07) is 11.0. The molecule has 37 heavy (non-hydrogen) atoms. The fourth-order valence-corrected chi connectivity index (χ4v) is 4.52. The summed E-state index contributed by atoms with van der Waals surface area (Å²) in [6.45, 7) is 9.78. The van der Waals surface area contributed by atoms with E-state index in [1.54, 1.807) is 43.5 Å². The normalized spacial score (nSPS) is 17.4. The molecule has 0 aliphatic carbocycles. The van der Waals surface area contributed by atoms with E-state index in [1.807, 2.05) is 0 Å². The van der Waals surface area contributed by atoms with Crippen LogP contribution in [0.5, 0.6) is 11.5 Å². The quantitative estimate of drug-likeness (QED) is 0.228. The molecule has 0 saturated carbocycles. The number of anilines is 1. The zero-order chi connectivity index (χ0) is 25.9. The van der Waals surface area contributed by atoms with Gasteiger partial charge in [0.1, 0.15) is 11.4 Å². The highest BCUT2D eigenvalue weighted by atomic mass is 19.1.